The van der Waals surface area contributed by atoms with Crippen LogP contribution in [0.2, 0.25) is 5.02 Å². The maximum atomic E-state index is 12.1. The Morgan fingerprint density at radius 3 is 2.70 bits per heavy atom. The summed E-state index contributed by atoms with van der Waals surface area (Å²) < 4.78 is 0. The molecular formula is C14H17ClN4O. The van der Waals surface area contributed by atoms with Gasteiger partial charge in [0.25, 0.3) is 5.91 Å². The van der Waals surface area contributed by atoms with Gasteiger partial charge in [-0.1, -0.05) is 37.6 Å². The predicted octanol–water partition coefficient (Wildman–Crippen LogP) is 3.07. The number of carbonyl (C=O) groups is 1. The molecule has 2 rings (SSSR count). The predicted molar refractivity (Wildman–Crippen MR) is 77.8 cm³/mol. The summed E-state index contributed by atoms with van der Waals surface area (Å²) in [5, 5.41) is 10.2. The van der Waals surface area contributed by atoms with Crippen LogP contribution in [-0.2, 0) is 0 Å². The molecule has 1 amide bonds. The van der Waals surface area contributed by atoms with Gasteiger partial charge in [-0.05, 0) is 24.6 Å². The number of carbonyl (C=O) groups excluding carboxylic acids is 1. The van der Waals surface area contributed by atoms with Crippen molar-refractivity contribution in [3.05, 3.63) is 46.5 Å². The number of nitrogens with zero attached hydrogens (tertiary/aromatic N) is 2. The average Bonchev–Trinajstić information content (AvgIpc) is 2.88. The summed E-state index contributed by atoms with van der Waals surface area (Å²) in [6.45, 7) is 5.85. The first kappa shape index (κ1) is 14.5. The van der Waals surface area contributed by atoms with E-state index in [2.05, 4.69) is 20.5 Å². The summed E-state index contributed by atoms with van der Waals surface area (Å²) >= 11 is 5.94. The molecule has 0 aliphatic carbocycles. The van der Waals surface area contributed by atoms with Gasteiger partial charge >= 0.3 is 0 Å². The highest BCUT2D eigenvalue weighted by Crippen LogP contribution is 2.17. The highest BCUT2D eigenvalue weighted by molar-refractivity contribution is 6.30. The van der Waals surface area contributed by atoms with Crippen LogP contribution in [0.3, 0.4) is 0 Å². The van der Waals surface area contributed by atoms with Gasteiger partial charge in [0.1, 0.15) is 5.82 Å². The maximum Gasteiger partial charge on any atom is 0.291 e. The number of hydrogen-bond acceptors (Lipinski definition) is 3. The Morgan fingerprint density at radius 2 is 2.10 bits per heavy atom. The van der Waals surface area contributed by atoms with Gasteiger partial charge in [0, 0.05) is 10.9 Å². The molecule has 0 spiro atoms. The van der Waals surface area contributed by atoms with Crippen LogP contribution >= 0.6 is 11.6 Å². The van der Waals surface area contributed by atoms with Crippen LogP contribution < -0.4 is 5.32 Å². The van der Waals surface area contributed by atoms with Crippen molar-refractivity contribution in [3.8, 4) is 0 Å². The minimum Gasteiger partial charge on any atom is -0.343 e. The summed E-state index contributed by atoms with van der Waals surface area (Å²) in [4.78, 5) is 16.2. The number of aromatic nitrogens is 3. The third-order valence-corrected chi connectivity index (χ3v) is 3.18. The molecule has 6 heteroatoms. The summed E-state index contributed by atoms with van der Waals surface area (Å²) in [5.74, 6) is 0.753. The molecule has 2 aromatic rings. The van der Waals surface area contributed by atoms with Crippen molar-refractivity contribution in [2.24, 2.45) is 0 Å². The smallest absolute Gasteiger partial charge is 0.291 e. The van der Waals surface area contributed by atoms with E-state index in [4.69, 9.17) is 11.6 Å². The second-order valence-electron chi connectivity index (χ2n) is 4.95. The van der Waals surface area contributed by atoms with E-state index in [-0.39, 0.29) is 23.7 Å². The zero-order valence-electron chi connectivity index (χ0n) is 11.6. The Balaban J connectivity index is 2.07. The first-order valence-electron chi connectivity index (χ1n) is 6.46. The number of H-pyrrole nitrogens is 1. The monoisotopic (exact) mass is 292 g/mol. The SMILES string of the molecule is CC(C)c1nc(C(=O)NC(C)c2cccc(Cl)c2)n[nH]1. The Bertz CT molecular complexity index is 609. The van der Waals surface area contributed by atoms with Crippen molar-refractivity contribution >= 4 is 17.5 Å². The summed E-state index contributed by atoms with van der Waals surface area (Å²) in [7, 11) is 0. The Kier molecular flexibility index (Phi) is 4.39. The fourth-order valence-electron chi connectivity index (χ4n) is 1.75. The van der Waals surface area contributed by atoms with Crippen molar-refractivity contribution in [2.45, 2.75) is 32.7 Å². The van der Waals surface area contributed by atoms with Crippen molar-refractivity contribution in [1.29, 1.82) is 0 Å². The summed E-state index contributed by atoms with van der Waals surface area (Å²) in [5.41, 5.74) is 0.936. The highest BCUT2D eigenvalue weighted by atomic mass is 35.5. The lowest BCUT2D eigenvalue weighted by molar-refractivity contribution is 0.0929. The normalized spacial score (nSPS) is 12.4. The summed E-state index contributed by atoms with van der Waals surface area (Å²) in [6.07, 6.45) is 0. The molecule has 0 saturated heterocycles. The van der Waals surface area contributed by atoms with Gasteiger partial charge < -0.3 is 5.32 Å². The zero-order chi connectivity index (χ0) is 14.7. The Morgan fingerprint density at radius 1 is 1.35 bits per heavy atom. The number of aromatic amines is 1. The van der Waals surface area contributed by atoms with E-state index in [1.165, 1.54) is 0 Å². The molecule has 1 atom stereocenters. The van der Waals surface area contributed by atoms with Crippen LogP contribution in [0.25, 0.3) is 0 Å². The van der Waals surface area contributed by atoms with Gasteiger partial charge in [-0.25, -0.2) is 4.98 Å². The molecule has 2 N–H and O–H groups in total. The van der Waals surface area contributed by atoms with E-state index >= 15 is 0 Å². The minimum atomic E-state index is -0.305. The van der Waals surface area contributed by atoms with Gasteiger partial charge in [0.15, 0.2) is 0 Å². The molecule has 0 bridgehead atoms. The van der Waals surface area contributed by atoms with Crippen molar-refractivity contribution in [3.63, 3.8) is 0 Å². The topological polar surface area (TPSA) is 70.7 Å². The second-order valence-corrected chi connectivity index (χ2v) is 5.39. The van der Waals surface area contributed by atoms with E-state index < -0.39 is 0 Å². The molecule has 0 fully saturated rings. The lowest BCUT2D eigenvalue weighted by atomic mass is 10.1. The number of amides is 1. The maximum absolute atomic E-state index is 12.1. The van der Waals surface area contributed by atoms with Crippen LogP contribution in [0.1, 0.15) is 54.7 Å². The largest absolute Gasteiger partial charge is 0.343 e. The Labute approximate surface area is 122 Å². The molecule has 0 aliphatic heterocycles. The van der Waals surface area contributed by atoms with Crippen LogP contribution in [0.4, 0.5) is 0 Å². The molecule has 0 aliphatic rings. The third-order valence-electron chi connectivity index (χ3n) is 2.95. The molecule has 1 heterocycles. The lowest BCUT2D eigenvalue weighted by Gasteiger charge is -2.13. The molecule has 1 aromatic carbocycles. The van der Waals surface area contributed by atoms with Crippen molar-refractivity contribution in [2.75, 3.05) is 0 Å². The van der Waals surface area contributed by atoms with E-state index in [1.54, 1.807) is 6.07 Å². The van der Waals surface area contributed by atoms with Gasteiger partial charge in [0.05, 0.1) is 6.04 Å². The molecular weight excluding hydrogens is 276 g/mol. The number of rotatable bonds is 4. The van der Waals surface area contributed by atoms with Crippen molar-refractivity contribution in [1.82, 2.24) is 20.5 Å². The number of nitrogens with one attached hydrogen (secondary N) is 2. The molecule has 5 nitrogen and oxygen atoms in total. The van der Waals surface area contributed by atoms with Crippen LogP contribution in [-0.4, -0.2) is 21.1 Å². The van der Waals surface area contributed by atoms with Crippen molar-refractivity contribution < 1.29 is 4.79 Å². The standard InChI is InChI=1S/C14H17ClN4O/c1-8(2)12-17-13(19-18-12)14(20)16-9(3)10-5-4-6-11(15)7-10/h4-9H,1-3H3,(H,16,20)(H,17,18,19). The Hall–Kier alpha value is -1.88. The lowest BCUT2D eigenvalue weighted by Crippen LogP contribution is -2.27. The first-order valence-corrected chi connectivity index (χ1v) is 6.83. The molecule has 1 aromatic heterocycles. The van der Waals surface area contributed by atoms with Crippen LogP contribution in [0.15, 0.2) is 24.3 Å². The molecule has 0 radical (unpaired) electrons. The molecule has 1 unspecified atom stereocenters. The van der Waals surface area contributed by atoms with E-state index in [9.17, 15) is 4.79 Å². The highest BCUT2D eigenvalue weighted by Gasteiger charge is 2.17. The zero-order valence-corrected chi connectivity index (χ0v) is 12.4. The van der Waals surface area contributed by atoms with Gasteiger partial charge in [-0.2, -0.15) is 0 Å². The van der Waals surface area contributed by atoms with Gasteiger partial charge in [0.2, 0.25) is 5.82 Å². The van der Waals surface area contributed by atoms with Crippen LogP contribution in [0, 0.1) is 0 Å². The molecule has 0 saturated carbocycles. The first-order chi connectivity index (χ1) is 9.47. The fraction of sp³-hybridized carbons (Fsp3) is 0.357. The quantitative estimate of drug-likeness (QED) is 0.910. The van der Waals surface area contributed by atoms with Crippen LogP contribution in [0.5, 0.6) is 0 Å². The third kappa shape index (κ3) is 3.36. The van der Waals surface area contributed by atoms with E-state index in [0.29, 0.717) is 10.8 Å². The van der Waals surface area contributed by atoms with Gasteiger partial charge in [-0.15, -0.1) is 5.10 Å². The number of benzene rings is 1. The minimum absolute atomic E-state index is 0.155. The fourth-order valence-corrected chi connectivity index (χ4v) is 1.95. The van der Waals surface area contributed by atoms with E-state index in [0.717, 1.165) is 5.56 Å². The average molecular weight is 293 g/mol. The molecule has 20 heavy (non-hydrogen) atoms. The number of hydrogen-bond donors (Lipinski definition) is 2. The van der Waals surface area contributed by atoms with E-state index in [1.807, 2.05) is 39.0 Å². The second kappa shape index (κ2) is 6.05. The number of halogens is 1. The molecule has 106 valence electrons. The van der Waals surface area contributed by atoms with Gasteiger partial charge in [-0.3, -0.25) is 9.89 Å². The summed E-state index contributed by atoms with van der Waals surface area (Å²) in [6, 6.07) is 7.22.